The first kappa shape index (κ1) is 21.8. The molecule has 0 saturated carbocycles. The van der Waals surface area contributed by atoms with E-state index in [0.29, 0.717) is 0 Å². The van der Waals surface area contributed by atoms with Gasteiger partial charge in [0.2, 0.25) is 0 Å². The minimum atomic E-state index is -4.72. The first-order valence-electron chi connectivity index (χ1n) is 8.61. The van der Waals surface area contributed by atoms with Crippen molar-refractivity contribution in [1.82, 2.24) is 19.5 Å². The molecule has 0 radical (unpaired) electrons. The second kappa shape index (κ2) is 7.75. The van der Waals surface area contributed by atoms with Crippen molar-refractivity contribution >= 4 is 11.0 Å². The lowest BCUT2D eigenvalue weighted by Crippen LogP contribution is -2.42. The fraction of sp³-hybridized carbons (Fsp3) is 0.412. The number of aromatic nitrogens is 4. The number of halogens is 3. The van der Waals surface area contributed by atoms with E-state index >= 15 is 0 Å². The number of nitrogens with zero attached hydrogens (tertiary/aromatic N) is 3. The zero-order valence-electron chi connectivity index (χ0n) is 15.4. The van der Waals surface area contributed by atoms with Gasteiger partial charge in [-0.1, -0.05) is 0 Å². The maximum absolute atomic E-state index is 13.4. The van der Waals surface area contributed by atoms with E-state index in [0.717, 1.165) is 16.7 Å². The predicted octanol–water partition coefficient (Wildman–Crippen LogP) is -1.01. The zero-order chi connectivity index (χ0) is 22.4. The molecule has 0 aromatic heterocycles. The first-order chi connectivity index (χ1) is 13.9. The quantitative estimate of drug-likeness (QED) is 0.322. The van der Waals surface area contributed by atoms with Crippen molar-refractivity contribution in [3.8, 4) is 11.5 Å². The number of rotatable bonds is 5. The molecular weight excluding hydrogens is 413 g/mol. The summed E-state index contributed by atoms with van der Waals surface area (Å²) in [5.41, 5.74) is -3.85. The van der Waals surface area contributed by atoms with Crippen molar-refractivity contribution in [1.29, 1.82) is 0 Å². The van der Waals surface area contributed by atoms with Gasteiger partial charge in [0, 0.05) is 0 Å². The van der Waals surface area contributed by atoms with Gasteiger partial charge in [0.15, 0.2) is 11.5 Å². The molecule has 2 aliphatic heterocycles. The Morgan fingerprint density at radius 2 is 1.80 bits per heavy atom. The Morgan fingerprint density at radius 1 is 1.13 bits per heavy atom. The molecule has 0 aliphatic carbocycles. The van der Waals surface area contributed by atoms with Gasteiger partial charge >= 0.3 is 11.9 Å². The molecule has 0 spiro atoms. The summed E-state index contributed by atoms with van der Waals surface area (Å²) in [5, 5.41) is 38.6. The number of hydrogen-bond donors (Lipinski definition) is 5. The van der Waals surface area contributed by atoms with E-state index in [9.17, 15) is 38.1 Å². The van der Waals surface area contributed by atoms with Crippen LogP contribution in [-0.2, 0) is 12.7 Å². The highest BCUT2D eigenvalue weighted by Crippen LogP contribution is 2.35. The van der Waals surface area contributed by atoms with Crippen molar-refractivity contribution < 1.29 is 33.6 Å². The van der Waals surface area contributed by atoms with Crippen LogP contribution in [0.25, 0.3) is 22.6 Å². The van der Waals surface area contributed by atoms with E-state index in [-0.39, 0.29) is 22.3 Å². The summed E-state index contributed by atoms with van der Waals surface area (Å²) >= 11 is 0. The lowest BCUT2D eigenvalue weighted by molar-refractivity contribution is -0.137. The van der Waals surface area contributed by atoms with Gasteiger partial charge in [-0.25, -0.2) is 9.78 Å². The Labute approximate surface area is 165 Å². The molecule has 0 saturated heterocycles. The Bertz CT molecular complexity index is 1180. The lowest BCUT2D eigenvalue weighted by Gasteiger charge is -2.25. The van der Waals surface area contributed by atoms with Gasteiger partial charge in [-0.3, -0.25) is 9.78 Å². The molecule has 0 bridgehead atoms. The van der Waals surface area contributed by atoms with Crippen LogP contribution in [0.3, 0.4) is 0 Å². The number of fused-ring (bicyclic) bond motifs is 2. The number of aryl methyl sites for hydroxylation is 1. The summed E-state index contributed by atoms with van der Waals surface area (Å²) in [6, 6.07) is 1.82. The van der Waals surface area contributed by atoms with E-state index < -0.39 is 60.3 Å². The first-order valence-corrected chi connectivity index (χ1v) is 8.61. The van der Waals surface area contributed by atoms with Crippen LogP contribution < -0.4 is 11.2 Å². The van der Waals surface area contributed by atoms with Crippen LogP contribution in [0.2, 0.25) is 0 Å². The smallest absolute Gasteiger partial charge is 0.394 e. The van der Waals surface area contributed by atoms with Crippen molar-refractivity contribution in [3.63, 3.8) is 0 Å². The van der Waals surface area contributed by atoms with Crippen molar-refractivity contribution in [2.24, 2.45) is 0 Å². The van der Waals surface area contributed by atoms with E-state index in [2.05, 4.69) is 9.97 Å². The van der Waals surface area contributed by atoms with Crippen molar-refractivity contribution in [2.75, 3.05) is 6.61 Å². The van der Waals surface area contributed by atoms with Gasteiger partial charge in [0.25, 0.3) is 5.56 Å². The van der Waals surface area contributed by atoms with Gasteiger partial charge in [0.05, 0.1) is 29.7 Å². The third kappa shape index (κ3) is 3.92. The molecule has 3 atom stereocenters. The highest BCUT2D eigenvalue weighted by Gasteiger charge is 2.34. The standard InChI is InChI=1S/C17H17F3N4O6/c1-6-2-8-9(3-7(6)17(18,19)20)24(4-10(26)13(28)11(27)5-25)14-12(21-8)15(29)23-16(30)22-14/h2-3,10-11,13,25-28H,4-5H2,1H3,(H,23,29,30). The number of hydrogen-bond acceptors (Lipinski definition) is 8. The molecule has 10 nitrogen and oxygen atoms in total. The summed E-state index contributed by atoms with van der Waals surface area (Å²) in [4.78, 5) is 33.3. The van der Waals surface area contributed by atoms with Crippen molar-refractivity contribution in [2.45, 2.75) is 38.0 Å². The third-order valence-electron chi connectivity index (χ3n) is 4.61. The molecule has 0 amide bonds. The molecule has 13 heteroatoms. The van der Waals surface area contributed by atoms with Gasteiger partial charge in [-0.15, -0.1) is 0 Å². The highest BCUT2D eigenvalue weighted by molar-refractivity contribution is 5.81. The average Bonchev–Trinajstić information content (AvgIpc) is 2.65. The highest BCUT2D eigenvalue weighted by atomic mass is 19.4. The lowest BCUT2D eigenvalue weighted by atomic mass is 10.1. The van der Waals surface area contributed by atoms with Crippen molar-refractivity contribution in [3.05, 3.63) is 44.1 Å². The molecule has 3 rings (SSSR count). The second-order valence-electron chi connectivity index (χ2n) is 6.73. The van der Waals surface area contributed by atoms with Crippen LogP contribution in [-0.4, -0.2) is 64.9 Å². The maximum atomic E-state index is 13.4. The Kier molecular flexibility index (Phi) is 5.64. The van der Waals surface area contributed by atoms with Gasteiger partial charge in [-0.2, -0.15) is 18.2 Å². The summed E-state index contributed by atoms with van der Waals surface area (Å²) in [6.07, 6.45) is -10.1. The number of aliphatic hydroxyl groups excluding tert-OH is 4. The third-order valence-corrected chi connectivity index (χ3v) is 4.61. The Morgan fingerprint density at radius 3 is 2.40 bits per heavy atom. The molecule has 162 valence electrons. The number of benzene rings is 1. The van der Waals surface area contributed by atoms with Crippen LogP contribution >= 0.6 is 0 Å². The van der Waals surface area contributed by atoms with Crippen LogP contribution in [0.1, 0.15) is 11.1 Å². The van der Waals surface area contributed by atoms with Gasteiger partial charge in [-0.05, 0) is 24.6 Å². The van der Waals surface area contributed by atoms with Gasteiger partial charge in [0.1, 0.15) is 18.3 Å². The second-order valence-corrected chi connectivity index (χ2v) is 6.73. The Balaban J connectivity index is 2.34. The molecular formula is C17H17F3N4O6. The maximum Gasteiger partial charge on any atom is 0.416 e. The fourth-order valence-corrected chi connectivity index (χ4v) is 3.10. The van der Waals surface area contributed by atoms with E-state index in [1.54, 1.807) is 0 Å². The number of aliphatic hydroxyl groups is 4. The minimum Gasteiger partial charge on any atom is -0.394 e. The van der Waals surface area contributed by atoms with Crippen LogP contribution in [0, 0.1) is 6.92 Å². The average molecular weight is 430 g/mol. The molecule has 5 N–H and O–H groups in total. The van der Waals surface area contributed by atoms with E-state index in [1.807, 2.05) is 4.98 Å². The van der Waals surface area contributed by atoms with Crippen LogP contribution in [0.4, 0.5) is 13.2 Å². The summed E-state index contributed by atoms with van der Waals surface area (Å²) < 4.78 is 41.1. The van der Waals surface area contributed by atoms with E-state index in [4.69, 9.17) is 5.11 Å². The van der Waals surface area contributed by atoms with Gasteiger partial charge < -0.3 is 25.0 Å². The molecule has 3 unspecified atom stereocenters. The number of nitrogens with one attached hydrogen (secondary N) is 1. The van der Waals surface area contributed by atoms with Crippen LogP contribution in [0.15, 0.2) is 21.7 Å². The van der Waals surface area contributed by atoms with E-state index in [1.165, 1.54) is 6.92 Å². The molecule has 1 aromatic carbocycles. The summed E-state index contributed by atoms with van der Waals surface area (Å²) in [7, 11) is 0. The summed E-state index contributed by atoms with van der Waals surface area (Å²) in [5.74, 6) is -0.419. The largest absolute Gasteiger partial charge is 0.416 e. The molecule has 1 aromatic rings. The normalized spacial score (nSPS) is 15.5. The monoisotopic (exact) mass is 430 g/mol. The topological polar surface area (TPSA) is 162 Å². The number of aromatic amines is 1. The predicted molar refractivity (Wildman–Crippen MR) is 95.9 cm³/mol. The minimum absolute atomic E-state index is 0.0525. The molecule has 0 fully saturated rings. The van der Waals surface area contributed by atoms with Crippen LogP contribution in [0.5, 0.6) is 0 Å². The molecule has 30 heavy (non-hydrogen) atoms. The molecule has 2 aliphatic rings. The fourth-order valence-electron chi connectivity index (χ4n) is 3.10. The summed E-state index contributed by atoms with van der Waals surface area (Å²) in [6.45, 7) is -0.345. The molecule has 2 heterocycles. The Hall–Kier alpha value is -2.87. The number of H-pyrrole nitrogens is 1. The number of alkyl halides is 3. The zero-order valence-corrected chi connectivity index (χ0v) is 15.4. The SMILES string of the molecule is Cc1cc2nc3c(=O)[nH]c(=O)nc-3n(CC(O)C(O)C(O)CO)c2cc1C(F)(F)F.